The summed E-state index contributed by atoms with van der Waals surface area (Å²) < 4.78 is 6.97. The highest BCUT2D eigenvalue weighted by molar-refractivity contribution is 5.85. The van der Waals surface area contributed by atoms with E-state index in [4.69, 9.17) is 4.74 Å². The van der Waals surface area contributed by atoms with E-state index in [0.717, 1.165) is 13.0 Å². The largest absolute Gasteiger partial charge is 0.469 e. The first-order valence-electron chi connectivity index (χ1n) is 5.44. The SMILES string of the molecule is COC(=O)C1Cc2cccc3ccn(c23)C1. The van der Waals surface area contributed by atoms with Crippen molar-refractivity contribution in [3.05, 3.63) is 36.0 Å². The number of rotatable bonds is 1. The van der Waals surface area contributed by atoms with Gasteiger partial charge in [-0.3, -0.25) is 4.79 Å². The molecule has 0 saturated carbocycles. The minimum absolute atomic E-state index is 0.0458. The molecule has 0 radical (unpaired) electrons. The van der Waals surface area contributed by atoms with Crippen LogP contribution in [-0.2, 0) is 22.5 Å². The summed E-state index contributed by atoms with van der Waals surface area (Å²) in [6, 6.07) is 8.34. The molecule has 2 heterocycles. The predicted molar refractivity (Wildman–Crippen MR) is 61.1 cm³/mol. The fourth-order valence-corrected chi connectivity index (χ4v) is 2.55. The van der Waals surface area contributed by atoms with Gasteiger partial charge in [-0.25, -0.2) is 0 Å². The molecular formula is C13H13NO2. The number of nitrogens with zero attached hydrogens (tertiary/aromatic N) is 1. The third-order valence-corrected chi connectivity index (χ3v) is 3.29. The molecule has 1 atom stereocenters. The second-order valence-corrected chi connectivity index (χ2v) is 4.25. The first-order valence-corrected chi connectivity index (χ1v) is 5.44. The van der Waals surface area contributed by atoms with Crippen LogP contribution in [0, 0.1) is 5.92 Å². The molecule has 2 aromatic rings. The zero-order valence-corrected chi connectivity index (χ0v) is 9.14. The number of carbonyl (C=O) groups is 1. The molecule has 3 nitrogen and oxygen atoms in total. The maximum absolute atomic E-state index is 11.6. The predicted octanol–water partition coefficient (Wildman–Crippen LogP) is 1.99. The molecule has 0 aliphatic carbocycles. The van der Waals surface area contributed by atoms with Crippen molar-refractivity contribution in [1.82, 2.24) is 4.57 Å². The zero-order valence-electron chi connectivity index (χ0n) is 9.14. The normalized spacial score (nSPS) is 18.7. The number of ether oxygens (including phenoxy) is 1. The lowest BCUT2D eigenvalue weighted by atomic mass is 9.94. The van der Waals surface area contributed by atoms with E-state index in [1.165, 1.54) is 23.6 Å². The Kier molecular flexibility index (Phi) is 1.99. The van der Waals surface area contributed by atoms with Crippen LogP contribution in [0.25, 0.3) is 10.9 Å². The van der Waals surface area contributed by atoms with E-state index in [0.29, 0.717) is 0 Å². The van der Waals surface area contributed by atoms with Gasteiger partial charge in [-0.2, -0.15) is 0 Å². The van der Waals surface area contributed by atoms with Gasteiger partial charge in [-0.1, -0.05) is 18.2 Å². The molecule has 0 spiro atoms. The molecule has 1 aromatic carbocycles. The lowest BCUT2D eigenvalue weighted by Gasteiger charge is -2.22. The highest BCUT2D eigenvalue weighted by Crippen LogP contribution is 2.28. The molecule has 1 aliphatic rings. The molecule has 0 saturated heterocycles. The number of carbonyl (C=O) groups excluding carboxylic acids is 1. The van der Waals surface area contributed by atoms with Crippen LogP contribution in [-0.4, -0.2) is 17.6 Å². The first kappa shape index (κ1) is 9.46. The molecule has 16 heavy (non-hydrogen) atoms. The van der Waals surface area contributed by atoms with Crippen molar-refractivity contribution in [2.24, 2.45) is 5.92 Å². The number of hydrogen-bond acceptors (Lipinski definition) is 2. The highest BCUT2D eigenvalue weighted by atomic mass is 16.5. The minimum Gasteiger partial charge on any atom is -0.469 e. The van der Waals surface area contributed by atoms with Crippen LogP contribution in [0.1, 0.15) is 5.56 Å². The van der Waals surface area contributed by atoms with Crippen LogP contribution < -0.4 is 0 Å². The Bertz CT molecular complexity index is 556. The lowest BCUT2D eigenvalue weighted by molar-refractivity contribution is -0.146. The number of hydrogen-bond donors (Lipinski definition) is 0. The molecule has 3 rings (SSSR count). The Balaban J connectivity index is 2.09. The second kappa shape index (κ2) is 3.37. The van der Waals surface area contributed by atoms with Crippen molar-refractivity contribution in [3.8, 4) is 0 Å². The topological polar surface area (TPSA) is 31.2 Å². The lowest BCUT2D eigenvalue weighted by Crippen LogP contribution is -2.27. The maximum atomic E-state index is 11.6. The molecule has 0 fully saturated rings. The van der Waals surface area contributed by atoms with E-state index in [-0.39, 0.29) is 11.9 Å². The van der Waals surface area contributed by atoms with Gasteiger partial charge < -0.3 is 9.30 Å². The van der Waals surface area contributed by atoms with Gasteiger partial charge in [0.2, 0.25) is 0 Å². The zero-order chi connectivity index (χ0) is 11.1. The smallest absolute Gasteiger partial charge is 0.310 e. The Labute approximate surface area is 93.6 Å². The fraction of sp³-hybridized carbons (Fsp3) is 0.308. The Morgan fingerprint density at radius 3 is 3.12 bits per heavy atom. The number of methoxy groups -OCH3 is 1. The van der Waals surface area contributed by atoms with Crippen molar-refractivity contribution in [3.63, 3.8) is 0 Å². The summed E-state index contributed by atoms with van der Waals surface area (Å²) in [5.74, 6) is -0.160. The van der Waals surface area contributed by atoms with Crippen molar-refractivity contribution >= 4 is 16.9 Å². The Morgan fingerprint density at radius 1 is 1.44 bits per heavy atom. The molecule has 1 aliphatic heterocycles. The molecule has 0 bridgehead atoms. The average molecular weight is 215 g/mol. The second-order valence-electron chi connectivity index (χ2n) is 4.25. The van der Waals surface area contributed by atoms with Crippen LogP contribution in [0.3, 0.4) is 0 Å². The van der Waals surface area contributed by atoms with Crippen LogP contribution in [0.5, 0.6) is 0 Å². The maximum Gasteiger partial charge on any atom is 0.310 e. The van der Waals surface area contributed by atoms with E-state index < -0.39 is 0 Å². The van der Waals surface area contributed by atoms with Crippen molar-refractivity contribution in [2.75, 3.05) is 7.11 Å². The molecule has 1 aromatic heterocycles. The summed E-state index contributed by atoms with van der Waals surface area (Å²) in [4.78, 5) is 11.6. The van der Waals surface area contributed by atoms with Gasteiger partial charge in [0.25, 0.3) is 0 Å². The van der Waals surface area contributed by atoms with Crippen LogP contribution in [0.15, 0.2) is 30.5 Å². The summed E-state index contributed by atoms with van der Waals surface area (Å²) in [6.45, 7) is 0.729. The summed E-state index contributed by atoms with van der Waals surface area (Å²) >= 11 is 0. The summed E-state index contributed by atoms with van der Waals surface area (Å²) in [5, 5.41) is 1.25. The summed E-state index contributed by atoms with van der Waals surface area (Å²) in [7, 11) is 1.45. The molecular weight excluding hydrogens is 202 g/mol. The van der Waals surface area contributed by atoms with Gasteiger partial charge in [-0.05, 0) is 23.4 Å². The van der Waals surface area contributed by atoms with E-state index in [1.54, 1.807) is 0 Å². The van der Waals surface area contributed by atoms with E-state index >= 15 is 0 Å². The van der Waals surface area contributed by atoms with Crippen LogP contribution >= 0.6 is 0 Å². The quantitative estimate of drug-likeness (QED) is 0.681. The van der Waals surface area contributed by atoms with Gasteiger partial charge >= 0.3 is 5.97 Å². The van der Waals surface area contributed by atoms with Gasteiger partial charge in [0, 0.05) is 12.7 Å². The van der Waals surface area contributed by atoms with Gasteiger partial charge in [0.05, 0.1) is 18.5 Å². The van der Waals surface area contributed by atoms with Crippen molar-refractivity contribution in [2.45, 2.75) is 13.0 Å². The minimum atomic E-state index is -0.114. The number of benzene rings is 1. The molecule has 0 amide bonds. The third kappa shape index (κ3) is 1.24. The monoisotopic (exact) mass is 215 g/mol. The molecule has 1 unspecified atom stereocenters. The highest BCUT2D eigenvalue weighted by Gasteiger charge is 2.26. The third-order valence-electron chi connectivity index (χ3n) is 3.29. The standard InChI is InChI=1S/C13H13NO2/c1-16-13(15)11-7-10-4-2-3-9-5-6-14(8-11)12(9)10/h2-6,11H,7-8H2,1H3. The molecule has 0 N–H and O–H groups in total. The fourth-order valence-electron chi connectivity index (χ4n) is 2.55. The number of esters is 1. The summed E-state index contributed by atoms with van der Waals surface area (Å²) in [6.07, 6.45) is 2.83. The molecule has 3 heteroatoms. The summed E-state index contributed by atoms with van der Waals surface area (Å²) in [5.41, 5.74) is 2.51. The molecule has 82 valence electrons. The van der Waals surface area contributed by atoms with Crippen molar-refractivity contribution < 1.29 is 9.53 Å². The van der Waals surface area contributed by atoms with Crippen molar-refractivity contribution in [1.29, 1.82) is 0 Å². The van der Waals surface area contributed by atoms with Gasteiger partial charge in [0.1, 0.15) is 0 Å². The van der Waals surface area contributed by atoms with Gasteiger partial charge in [0.15, 0.2) is 0 Å². The first-order chi connectivity index (χ1) is 7.79. The van der Waals surface area contributed by atoms with Crippen LogP contribution in [0.4, 0.5) is 0 Å². The van der Waals surface area contributed by atoms with E-state index in [1.807, 2.05) is 12.3 Å². The van der Waals surface area contributed by atoms with Crippen LogP contribution in [0.2, 0.25) is 0 Å². The average Bonchev–Trinajstić information content (AvgIpc) is 2.73. The van der Waals surface area contributed by atoms with E-state index in [2.05, 4.69) is 22.8 Å². The van der Waals surface area contributed by atoms with Gasteiger partial charge in [-0.15, -0.1) is 0 Å². The number of aromatic nitrogens is 1. The number of para-hydroxylation sites is 1. The van der Waals surface area contributed by atoms with E-state index in [9.17, 15) is 4.79 Å². The Morgan fingerprint density at radius 2 is 2.31 bits per heavy atom. The Hall–Kier alpha value is -1.77.